The highest BCUT2D eigenvalue weighted by Gasteiger charge is 2.31. The van der Waals surface area contributed by atoms with Crippen LogP contribution in [0.3, 0.4) is 0 Å². The van der Waals surface area contributed by atoms with E-state index in [1.54, 1.807) is 6.20 Å². The van der Waals surface area contributed by atoms with Crippen molar-refractivity contribution in [3.8, 4) is 0 Å². The van der Waals surface area contributed by atoms with Gasteiger partial charge in [-0.15, -0.1) is 11.3 Å². The largest absolute Gasteiger partial charge is 0.367 e. The topological polar surface area (TPSA) is 54.9 Å². The van der Waals surface area contributed by atoms with E-state index in [1.165, 1.54) is 60.9 Å². The van der Waals surface area contributed by atoms with Gasteiger partial charge in [0.15, 0.2) is 0 Å². The Kier molecular flexibility index (Phi) is 6.43. The van der Waals surface area contributed by atoms with Gasteiger partial charge < -0.3 is 5.32 Å². The van der Waals surface area contributed by atoms with Crippen LogP contribution in [0.2, 0.25) is 0 Å². The van der Waals surface area contributed by atoms with Crippen LogP contribution in [0.1, 0.15) is 79.6 Å². The molecule has 0 aromatic carbocycles. The van der Waals surface area contributed by atoms with Crippen molar-refractivity contribution in [3.63, 3.8) is 0 Å². The second kappa shape index (κ2) is 9.21. The lowest BCUT2D eigenvalue weighted by molar-refractivity contribution is 0.104. The van der Waals surface area contributed by atoms with Gasteiger partial charge >= 0.3 is 0 Å². The summed E-state index contributed by atoms with van der Waals surface area (Å²) in [6, 6.07) is 2.44. The Hall–Kier alpha value is -2.01. The van der Waals surface area contributed by atoms with Gasteiger partial charge in [-0.05, 0) is 73.8 Å². The number of allylic oxidation sites excluding steroid dienone is 2. The van der Waals surface area contributed by atoms with Gasteiger partial charge in [0.25, 0.3) is 0 Å². The smallest absolute Gasteiger partial charge is 0.208 e. The maximum atomic E-state index is 13.2. The first-order valence-electron chi connectivity index (χ1n) is 11.0. The van der Waals surface area contributed by atoms with Crippen LogP contribution in [0, 0.1) is 11.8 Å². The number of rotatable bonds is 7. The molecule has 2 aromatic rings. The molecule has 0 bridgehead atoms. The van der Waals surface area contributed by atoms with E-state index in [4.69, 9.17) is 0 Å². The summed E-state index contributed by atoms with van der Waals surface area (Å²) in [7, 11) is 0. The fourth-order valence-corrected chi connectivity index (χ4v) is 5.74. The molecule has 1 saturated carbocycles. The van der Waals surface area contributed by atoms with E-state index in [1.807, 2.05) is 0 Å². The van der Waals surface area contributed by atoms with Gasteiger partial charge in [-0.2, -0.15) is 0 Å². The predicted octanol–water partition coefficient (Wildman–Crippen LogP) is 6.05. The van der Waals surface area contributed by atoms with Crippen LogP contribution in [0.15, 0.2) is 35.6 Å². The molecule has 2 aromatic heterocycles. The van der Waals surface area contributed by atoms with Crippen LogP contribution in [-0.2, 0) is 6.42 Å². The molecule has 0 saturated heterocycles. The molecule has 3 atom stereocenters. The monoisotopic (exact) mass is 409 g/mol. The van der Waals surface area contributed by atoms with Crippen molar-refractivity contribution < 1.29 is 4.79 Å². The van der Waals surface area contributed by atoms with E-state index in [-0.39, 0.29) is 5.78 Å². The average Bonchev–Trinajstić information content (AvgIpc) is 3.35. The number of aromatic nitrogens is 2. The van der Waals surface area contributed by atoms with Crippen molar-refractivity contribution >= 4 is 22.9 Å². The first kappa shape index (κ1) is 20.3. The van der Waals surface area contributed by atoms with Crippen molar-refractivity contribution in [2.24, 2.45) is 11.8 Å². The lowest BCUT2D eigenvalue weighted by atomic mass is 9.95. The highest BCUT2D eigenvalue weighted by Crippen LogP contribution is 2.36. The van der Waals surface area contributed by atoms with Crippen molar-refractivity contribution in [2.45, 2.75) is 71.3 Å². The Morgan fingerprint density at radius 2 is 2.21 bits per heavy atom. The quantitative estimate of drug-likeness (QED) is 0.447. The lowest BCUT2D eigenvalue weighted by Gasteiger charge is -2.15. The van der Waals surface area contributed by atoms with Crippen LogP contribution in [0.4, 0.5) is 5.82 Å². The minimum Gasteiger partial charge on any atom is -0.367 e. The number of thiophene rings is 1. The standard InChI is InChI=1S/C24H31N3OS/c1-3-19-12-20(9-16(19)2)27-24-21(13-25-15-26-24)23(28)22-11-18(14-29-22)10-17-7-5-4-6-8-17/h7,11,13-16,19-20H,3-6,8-10,12H2,1-2H3,(H,25,26,27)/t16-,19-,20-/m0/s1. The third kappa shape index (κ3) is 4.77. The zero-order chi connectivity index (χ0) is 20.2. The fourth-order valence-electron chi connectivity index (χ4n) is 4.87. The van der Waals surface area contributed by atoms with Crippen LogP contribution < -0.4 is 5.32 Å². The molecule has 4 rings (SSSR count). The van der Waals surface area contributed by atoms with Gasteiger partial charge in [0.2, 0.25) is 5.78 Å². The summed E-state index contributed by atoms with van der Waals surface area (Å²) in [6.45, 7) is 4.59. The number of ketones is 1. The molecular weight excluding hydrogens is 378 g/mol. The summed E-state index contributed by atoms with van der Waals surface area (Å²) in [6.07, 6.45) is 15.0. The molecule has 2 aliphatic carbocycles. The molecule has 0 radical (unpaired) electrons. The van der Waals surface area contributed by atoms with Crippen LogP contribution in [-0.4, -0.2) is 21.8 Å². The van der Waals surface area contributed by atoms with Crippen LogP contribution >= 0.6 is 11.3 Å². The summed E-state index contributed by atoms with van der Waals surface area (Å²) >= 11 is 1.54. The van der Waals surface area contributed by atoms with Gasteiger partial charge in [-0.1, -0.05) is 31.9 Å². The Bertz CT molecular complexity index is 888. The van der Waals surface area contributed by atoms with E-state index in [2.05, 4.69) is 46.7 Å². The molecule has 0 unspecified atom stereocenters. The van der Waals surface area contributed by atoms with E-state index >= 15 is 0 Å². The normalized spacial score (nSPS) is 24.3. The van der Waals surface area contributed by atoms with E-state index in [0.717, 1.165) is 30.1 Å². The summed E-state index contributed by atoms with van der Waals surface area (Å²) < 4.78 is 0. The number of hydrogen-bond donors (Lipinski definition) is 1. The molecule has 5 heteroatoms. The second-order valence-electron chi connectivity index (χ2n) is 8.68. The molecule has 0 aliphatic heterocycles. The number of carbonyl (C=O) groups is 1. The highest BCUT2D eigenvalue weighted by atomic mass is 32.1. The van der Waals surface area contributed by atoms with E-state index in [0.29, 0.717) is 23.3 Å². The Labute approximate surface area is 177 Å². The third-order valence-corrected chi connectivity index (χ3v) is 7.54. The molecule has 1 fully saturated rings. The molecular formula is C24H31N3OS. The summed E-state index contributed by atoms with van der Waals surface area (Å²) in [5, 5.41) is 5.68. The van der Waals surface area contributed by atoms with Gasteiger partial charge in [-0.3, -0.25) is 4.79 Å². The molecule has 2 heterocycles. The van der Waals surface area contributed by atoms with Gasteiger partial charge in [0, 0.05) is 12.2 Å². The molecule has 0 amide bonds. The molecule has 29 heavy (non-hydrogen) atoms. The minimum absolute atomic E-state index is 0.0278. The van der Waals surface area contributed by atoms with E-state index < -0.39 is 0 Å². The Morgan fingerprint density at radius 3 is 2.97 bits per heavy atom. The first-order chi connectivity index (χ1) is 14.1. The number of nitrogens with one attached hydrogen (secondary N) is 1. The van der Waals surface area contributed by atoms with Crippen LogP contribution in [0.25, 0.3) is 0 Å². The Balaban J connectivity index is 1.47. The summed E-state index contributed by atoms with van der Waals surface area (Å²) in [4.78, 5) is 22.5. The zero-order valence-corrected chi connectivity index (χ0v) is 18.3. The average molecular weight is 410 g/mol. The lowest BCUT2D eigenvalue weighted by Crippen LogP contribution is -2.19. The third-order valence-electron chi connectivity index (χ3n) is 6.56. The van der Waals surface area contributed by atoms with E-state index in [9.17, 15) is 4.79 Å². The first-order valence-corrected chi connectivity index (χ1v) is 11.9. The molecule has 1 N–H and O–H groups in total. The number of anilines is 1. The Morgan fingerprint density at radius 1 is 1.31 bits per heavy atom. The maximum Gasteiger partial charge on any atom is 0.208 e. The summed E-state index contributed by atoms with van der Waals surface area (Å²) in [5.74, 6) is 2.18. The van der Waals surface area contributed by atoms with Crippen LogP contribution in [0.5, 0.6) is 0 Å². The number of hydrogen-bond acceptors (Lipinski definition) is 5. The SMILES string of the molecule is CC[C@H]1C[C@@H](Nc2ncncc2C(=O)c2cc(CC3=CCCCC3)cs2)C[C@@H]1C. The molecule has 2 aliphatic rings. The van der Waals surface area contributed by atoms with Crippen molar-refractivity contribution in [1.82, 2.24) is 9.97 Å². The molecule has 4 nitrogen and oxygen atoms in total. The number of carbonyl (C=O) groups excluding carboxylic acids is 1. The molecule has 0 spiro atoms. The predicted molar refractivity (Wildman–Crippen MR) is 120 cm³/mol. The van der Waals surface area contributed by atoms with Gasteiger partial charge in [-0.25, -0.2) is 9.97 Å². The minimum atomic E-state index is 0.0278. The van der Waals surface area contributed by atoms with Gasteiger partial charge in [0.1, 0.15) is 12.1 Å². The highest BCUT2D eigenvalue weighted by molar-refractivity contribution is 7.12. The summed E-state index contributed by atoms with van der Waals surface area (Å²) in [5.41, 5.74) is 3.35. The molecule has 154 valence electrons. The maximum absolute atomic E-state index is 13.2. The van der Waals surface area contributed by atoms with Crippen molar-refractivity contribution in [3.05, 3.63) is 51.6 Å². The zero-order valence-electron chi connectivity index (χ0n) is 17.5. The van der Waals surface area contributed by atoms with Crippen molar-refractivity contribution in [1.29, 1.82) is 0 Å². The second-order valence-corrected chi connectivity index (χ2v) is 9.59. The number of nitrogens with zero attached hydrogens (tertiary/aromatic N) is 2. The van der Waals surface area contributed by atoms with Gasteiger partial charge in [0.05, 0.1) is 10.4 Å². The fraction of sp³-hybridized carbons (Fsp3) is 0.542. The van der Waals surface area contributed by atoms with Crippen molar-refractivity contribution in [2.75, 3.05) is 5.32 Å².